The van der Waals surface area contributed by atoms with Crippen molar-refractivity contribution < 1.29 is 14.7 Å². The first-order chi connectivity index (χ1) is 9.58. The van der Waals surface area contributed by atoms with Crippen LogP contribution in [0.1, 0.15) is 36.0 Å². The number of carbonyl (C=O) groups is 2. The predicted octanol–water partition coefficient (Wildman–Crippen LogP) is 2.62. The number of carbonyl (C=O) groups excluding carboxylic acids is 1. The Morgan fingerprint density at radius 1 is 1.30 bits per heavy atom. The van der Waals surface area contributed by atoms with Crippen molar-refractivity contribution in [1.29, 1.82) is 0 Å². The molecular formula is C14H17BrN2O3. The fraction of sp³-hybridized carbons (Fsp3) is 0.429. The first-order valence-corrected chi connectivity index (χ1v) is 7.42. The largest absolute Gasteiger partial charge is 0.478 e. The Bertz CT molecular complexity index is 513. The Morgan fingerprint density at radius 3 is 2.65 bits per heavy atom. The molecule has 1 saturated carbocycles. The van der Waals surface area contributed by atoms with Crippen molar-refractivity contribution in [3.05, 3.63) is 28.2 Å². The van der Waals surface area contributed by atoms with Crippen molar-refractivity contribution in [3.63, 3.8) is 0 Å². The lowest BCUT2D eigenvalue weighted by Crippen LogP contribution is -2.34. The zero-order valence-electron chi connectivity index (χ0n) is 11.0. The number of amides is 1. The van der Waals surface area contributed by atoms with E-state index >= 15 is 0 Å². The summed E-state index contributed by atoms with van der Waals surface area (Å²) in [6.07, 6.45) is 4.60. The molecule has 3 N–H and O–H groups in total. The van der Waals surface area contributed by atoms with E-state index < -0.39 is 5.97 Å². The van der Waals surface area contributed by atoms with Gasteiger partial charge in [0.25, 0.3) is 0 Å². The van der Waals surface area contributed by atoms with E-state index in [2.05, 4.69) is 26.6 Å². The number of anilines is 1. The molecule has 1 aromatic carbocycles. The van der Waals surface area contributed by atoms with Gasteiger partial charge in [0.05, 0.1) is 17.8 Å². The average Bonchev–Trinajstić information content (AvgIpc) is 2.91. The van der Waals surface area contributed by atoms with Crippen LogP contribution in [0.3, 0.4) is 0 Å². The molecule has 1 fully saturated rings. The van der Waals surface area contributed by atoms with Crippen LogP contribution >= 0.6 is 15.9 Å². The Balaban J connectivity index is 1.98. The average molecular weight is 341 g/mol. The fourth-order valence-electron chi connectivity index (χ4n) is 2.38. The first kappa shape index (κ1) is 15.0. The molecule has 1 aliphatic rings. The summed E-state index contributed by atoms with van der Waals surface area (Å²) < 4.78 is 0.562. The molecule has 5 nitrogen and oxygen atoms in total. The predicted molar refractivity (Wildman–Crippen MR) is 80.0 cm³/mol. The molecule has 0 aliphatic heterocycles. The number of para-hydroxylation sites is 1. The van der Waals surface area contributed by atoms with E-state index in [1.807, 2.05) is 0 Å². The molecule has 0 heterocycles. The SMILES string of the molecule is O=C(CNC1CCCC1)Nc1c(Br)cccc1C(=O)O. The summed E-state index contributed by atoms with van der Waals surface area (Å²) >= 11 is 3.26. The molecule has 0 saturated heterocycles. The van der Waals surface area contributed by atoms with E-state index in [1.54, 1.807) is 12.1 Å². The Morgan fingerprint density at radius 2 is 2.00 bits per heavy atom. The lowest BCUT2D eigenvalue weighted by atomic mass is 10.2. The van der Waals surface area contributed by atoms with E-state index in [1.165, 1.54) is 18.9 Å². The molecule has 0 radical (unpaired) electrons. The van der Waals surface area contributed by atoms with Crippen LogP contribution in [0.2, 0.25) is 0 Å². The van der Waals surface area contributed by atoms with Gasteiger partial charge in [-0.05, 0) is 40.9 Å². The van der Waals surface area contributed by atoms with E-state index in [4.69, 9.17) is 5.11 Å². The summed E-state index contributed by atoms with van der Waals surface area (Å²) in [5, 5.41) is 15.0. The number of carboxylic acid groups (broad SMARTS) is 1. The van der Waals surface area contributed by atoms with Crippen LogP contribution in [0.15, 0.2) is 22.7 Å². The molecule has 0 atom stereocenters. The minimum Gasteiger partial charge on any atom is -0.478 e. The topological polar surface area (TPSA) is 78.4 Å². The molecule has 0 aromatic heterocycles. The molecule has 1 amide bonds. The van der Waals surface area contributed by atoms with Crippen LogP contribution in [-0.2, 0) is 4.79 Å². The highest BCUT2D eigenvalue weighted by Gasteiger charge is 2.18. The number of benzene rings is 1. The zero-order valence-corrected chi connectivity index (χ0v) is 12.6. The summed E-state index contributed by atoms with van der Waals surface area (Å²) in [5.74, 6) is -1.29. The zero-order chi connectivity index (χ0) is 14.5. The molecule has 6 heteroatoms. The number of hydrogen-bond donors (Lipinski definition) is 3. The quantitative estimate of drug-likeness (QED) is 0.769. The van der Waals surface area contributed by atoms with E-state index in [0.717, 1.165) is 12.8 Å². The van der Waals surface area contributed by atoms with Gasteiger partial charge >= 0.3 is 5.97 Å². The number of aromatic carboxylic acids is 1. The molecule has 0 bridgehead atoms. The minimum atomic E-state index is -1.06. The van der Waals surface area contributed by atoms with Crippen LogP contribution in [0.25, 0.3) is 0 Å². The number of carboxylic acids is 1. The third kappa shape index (κ3) is 3.80. The number of hydrogen-bond acceptors (Lipinski definition) is 3. The van der Waals surface area contributed by atoms with Gasteiger partial charge in [-0.3, -0.25) is 4.79 Å². The molecule has 20 heavy (non-hydrogen) atoms. The van der Waals surface area contributed by atoms with Crippen LogP contribution in [0.5, 0.6) is 0 Å². The molecule has 2 rings (SSSR count). The van der Waals surface area contributed by atoms with Crippen molar-refractivity contribution in [1.82, 2.24) is 5.32 Å². The second-order valence-electron chi connectivity index (χ2n) is 4.88. The van der Waals surface area contributed by atoms with Gasteiger partial charge in [0.15, 0.2) is 0 Å². The highest BCUT2D eigenvalue weighted by molar-refractivity contribution is 9.10. The number of nitrogens with one attached hydrogen (secondary N) is 2. The third-order valence-electron chi connectivity index (χ3n) is 3.41. The lowest BCUT2D eigenvalue weighted by Gasteiger charge is -2.13. The monoisotopic (exact) mass is 340 g/mol. The van der Waals surface area contributed by atoms with E-state index in [0.29, 0.717) is 16.2 Å². The maximum Gasteiger partial charge on any atom is 0.337 e. The van der Waals surface area contributed by atoms with Crippen LogP contribution < -0.4 is 10.6 Å². The highest BCUT2D eigenvalue weighted by atomic mass is 79.9. The van der Waals surface area contributed by atoms with Gasteiger partial charge < -0.3 is 15.7 Å². The first-order valence-electron chi connectivity index (χ1n) is 6.63. The fourth-order valence-corrected chi connectivity index (χ4v) is 2.85. The third-order valence-corrected chi connectivity index (χ3v) is 4.08. The van der Waals surface area contributed by atoms with Crippen molar-refractivity contribution in [2.45, 2.75) is 31.7 Å². The highest BCUT2D eigenvalue weighted by Crippen LogP contribution is 2.26. The van der Waals surface area contributed by atoms with E-state index in [-0.39, 0.29) is 18.0 Å². The normalized spacial score (nSPS) is 15.2. The second-order valence-corrected chi connectivity index (χ2v) is 5.73. The minimum absolute atomic E-state index is 0.0774. The second kappa shape index (κ2) is 6.85. The van der Waals surface area contributed by atoms with Crippen LogP contribution in [0.4, 0.5) is 5.69 Å². The van der Waals surface area contributed by atoms with Crippen molar-refractivity contribution >= 4 is 33.5 Å². The van der Waals surface area contributed by atoms with Crippen LogP contribution in [0, 0.1) is 0 Å². The smallest absolute Gasteiger partial charge is 0.337 e. The summed E-state index contributed by atoms with van der Waals surface area (Å²) in [6.45, 7) is 0.199. The number of rotatable bonds is 5. The maximum atomic E-state index is 11.9. The summed E-state index contributed by atoms with van der Waals surface area (Å²) in [5.41, 5.74) is 0.381. The van der Waals surface area contributed by atoms with Crippen molar-refractivity contribution in [3.8, 4) is 0 Å². The maximum absolute atomic E-state index is 11.9. The van der Waals surface area contributed by atoms with Gasteiger partial charge in [0, 0.05) is 10.5 Å². The lowest BCUT2D eigenvalue weighted by molar-refractivity contribution is -0.115. The van der Waals surface area contributed by atoms with Gasteiger partial charge in [-0.15, -0.1) is 0 Å². The molecular weight excluding hydrogens is 324 g/mol. The summed E-state index contributed by atoms with van der Waals surface area (Å²) in [6, 6.07) is 5.19. The molecule has 1 aromatic rings. The molecule has 108 valence electrons. The van der Waals surface area contributed by atoms with Gasteiger partial charge in [-0.2, -0.15) is 0 Å². The van der Waals surface area contributed by atoms with Crippen molar-refractivity contribution in [2.24, 2.45) is 0 Å². The Labute approximate surface area is 125 Å². The molecule has 0 spiro atoms. The van der Waals surface area contributed by atoms with Crippen LogP contribution in [-0.4, -0.2) is 29.6 Å². The molecule has 0 unspecified atom stereocenters. The van der Waals surface area contributed by atoms with Gasteiger partial charge in [0.1, 0.15) is 0 Å². The van der Waals surface area contributed by atoms with Gasteiger partial charge in [0.2, 0.25) is 5.91 Å². The van der Waals surface area contributed by atoms with Gasteiger partial charge in [-0.25, -0.2) is 4.79 Å². The standard InChI is InChI=1S/C14H17BrN2O3/c15-11-7-3-6-10(14(19)20)13(11)17-12(18)8-16-9-4-1-2-5-9/h3,6-7,9,16H,1-2,4-5,8H2,(H,17,18)(H,19,20). The Kier molecular flexibility index (Phi) is 5.14. The Hall–Kier alpha value is -1.40. The summed E-state index contributed by atoms with van der Waals surface area (Å²) in [4.78, 5) is 23.0. The molecule has 1 aliphatic carbocycles. The van der Waals surface area contributed by atoms with E-state index in [9.17, 15) is 9.59 Å². The van der Waals surface area contributed by atoms with Crippen molar-refractivity contribution in [2.75, 3.05) is 11.9 Å². The van der Waals surface area contributed by atoms with Gasteiger partial charge in [-0.1, -0.05) is 18.9 Å². The summed E-state index contributed by atoms with van der Waals surface area (Å²) in [7, 11) is 0. The number of halogens is 1.